The zero-order valence-electron chi connectivity index (χ0n) is 18.0. The maximum atomic E-state index is 13.4. The van der Waals surface area contributed by atoms with Gasteiger partial charge in [-0.2, -0.15) is 0 Å². The number of fused-ring (bicyclic) bond motifs is 1. The van der Waals surface area contributed by atoms with Crippen LogP contribution in [0.3, 0.4) is 0 Å². The molecule has 1 unspecified atom stereocenters. The Morgan fingerprint density at radius 3 is 2.41 bits per heavy atom. The molecular formula is C27H25N3O2. The van der Waals surface area contributed by atoms with Gasteiger partial charge in [-0.3, -0.25) is 14.7 Å². The molecule has 5 heteroatoms. The minimum absolute atomic E-state index is 0.0670. The minimum Gasteiger partial charge on any atom is -0.508 e. The van der Waals surface area contributed by atoms with E-state index in [0.717, 1.165) is 33.9 Å². The molecule has 2 heterocycles. The molecule has 5 rings (SSSR count). The lowest BCUT2D eigenvalue weighted by Gasteiger charge is -2.25. The Morgan fingerprint density at radius 2 is 1.69 bits per heavy atom. The third-order valence-corrected chi connectivity index (χ3v) is 5.97. The molecule has 2 aliphatic rings. The van der Waals surface area contributed by atoms with E-state index in [4.69, 9.17) is 4.99 Å². The summed E-state index contributed by atoms with van der Waals surface area (Å²) in [6.45, 7) is 2.47. The molecule has 0 aliphatic carbocycles. The van der Waals surface area contributed by atoms with E-state index in [0.29, 0.717) is 19.4 Å². The number of benzene rings is 3. The standard InChI is InChI=1S/C27H25N3O2/c1-18-7-9-20(10-8-18)16-24-27(32)30-17-25(21-11-13-22(31)14-12-21)28-23(26(30)29-24)15-19-5-3-2-4-6-19/h2-14,24,29,31H,15-17H2,1H3. The van der Waals surface area contributed by atoms with Crippen molar-refractivity contribution >= 4 is 11.6 Å². The van der Waals surface area contributed by atoms with Crippen LogP contribution in [-0.2, 0) is 17.6 Å². The molecule has 32 heavy (non-hydrogen) atoms. The predicted molar refractivity (Wildman–Crippen MR) is 125 cm³/mol. The lowest BCUT2D eigenvalue weighted by molar-refractivity contribution is -0.127. The van der Waals surface area contributed by atoms with Gasteiger partial charge >= 0.3 is 0 Å². The average molecular weight is 424 g/mol. The van der Waals surface area contributed by atoms with Crippen molar-refractivity contribution in [1.82, 2.24) is 10.2 Å². The van der Waals surface area contributed by atoms with Crippen LogP contribution < -0.4 is 5.32 Å². The summed E-state index contributed by atoms with van der Waals surface area (Å²) in [5.41, 5.74) is 6.06. The first kappa shape index (κ1) is 20.1. The number of phenolic OH excluding ortho intramolecular Hbond substituents is 1. The summed E-state index contributed by atoms with van der Waals surface area (Å²) in [5.74, 6) is 1.08. The van der Waals surface area contributed by atoms with Gasteiger partial charge in [-0.1, -0.05) is 60.2 Å². The molecule has 0 radical (unpaired) electrons. The van der Waals surface area contributed by atoms with E-state index in [2.05, 4.69) is 48.6 Å². The summed E-state index contributed by atoms with van der Waals surface area (Å²) in [4.78, 5) is 20.2. The summed E-state index contributed by atoms with van der Waals surface area (Å²) in [5, 5.41) is 13.1. The number of carbonyl (C=O) groups excluding carboxylic acids is 1. The lowest BCUT2D eigenvalue weighted by atomic mass is 10.0. The van der Waals surface area contributed by atoms with Crippen LogP contribution >= 0.6 is 0 Å². The quantitative estimate of drug-likeness (QED) is 0.653. The van der Waals surface area contributed by atoms with E-state index in [1.54, 1.807) is 12.1 Å². The molecule has 1 saturated heterocycles. The van der Waals surface area contributed by atoms with Crippen LogP contribution in [0, 0.1) is 6.92 Å². The lowest BCUT2D eigenvalue weighted by Crippen LogP contribution is -2.36. The summed E-state index contributed by atoms with van der Waals surface area (Å²) < 4.78 is 0. The molecule has 0 aromatic heterocycles. The van der Waals surface area contributed by atoms with Gasteiger partial charge in [0.25, 0.3) is 5.91 Å². The molecule has 3 aromatic carbocycles. The fourth-order valence-electron chi connectivity index (χ4n) is 4.22. The first-order chi connectivity index (χ1) is 15.6. The summed E-state index contributed by atoms with van der Waals surface area (Å²) in [7, 11) is 0. The molecule has 160 valence electrons. The van der Waals surface area contributed by atoms with E-state index in [1.807, 2.05) is 35.2 Å². The van der Waals surface area contributed by atoms with E-state index in [-0.39, 0.29) is 17.7 Å². The molecule has 1 amide bonds. The third-order valence-electron chi connectivity index (χ3n) is 5.97. The number of hydrogen-bond donors (Lipinski definition) is 2. The molecule has 1 atom stereocenters. The van der Waals surface area contributed by atoms with Gasteiger partial charge in [0.05, 0.1) is 18.0 Å². The molecule has 2 N–H and O–H groups in total. The number of aromatic hydroxyl groups is 1. The van der Waals surface area contributed by atoms with Crippen LogP contribution in [0.5, 0.6) is 5.75 Å². The van der Waals surface area contributed by atoms with Gasteiger partial charge in [-0.15, -0.1) is 0 Å². The summed E-state index contributed by atoms with van der Waals surface area (Å²) in [6, 6.07) is 25.2. The van der Waals surface area contributed by atoms with Gasteiger partial charge in [0.15, 0.2) is 0 Å². The highest BCUT2D eigenvalue weighted by molar-refractivity contribution is 6.06. The number of aryl methyl sites for hydroxylation is 1. The van der Waals surface area contributed by atoms with Crippen LogP contribution in [0.15, 0.2) is 95.4 Å². The van der Waals surface area contributed by atoms with E-state index in [9.17, 15) is 9.90 Å². The SMILES string of the molecule is Cc1ccc(CC2NC3=C(Cc4ccccc4)N=C(c4ccc(O)cc4)CN3C2=O)cc1. The Morgan fingerprint density at radius 1 is 0.969 bits per heavy atom. The predicted octanol–water partition coefficient (Wildman–Crippen LogP) is 3.96. The number of carbonyl (C=O) groups is 1. The normalized spacial score (nSPS) is 17.8. The Labute approximate surface area is 187 Å². The number of phenols is 1. The van der Waals surface area contributed by atoms with Crippen molar-refractivity contribution in [3.05, 3.63) is 113 Å². The molecule has 3 aromatic rings. The van der Waals surface area contributed by atoms with Crippen LogP contribution in [-0.4, -0.2) is 34.2 Å². The van der Waals surface area contributed by atoms with Crippen LogP contribution in [0.2, 0.25) is 0 Å². The molecule has 1 fully saturated rings. The smallest absolute Gasteiger partial charge is 0.251 e. The van der Waals surface area contributed by atoms with Crippen molar-refractivity contribution in [2.75, 3.05) is 6.54 Å². The van der Waals surface area contributed by atoms with Crippen LogP contribution in [0.25, 0.3) is 0 Å². The van der Waals surface area contributed by atoms with Gasteiger partial charge in [0, 0.05) is 12.8 Å². The highest BCUT2D eigenvalue weighted by atomic mass is 16.3. The van der Waals surface area contributed by atoms with E-state index >= 15 is 0 Å². The number of rotatable bonds is 5. The first-order valence-corrected chi connectivity index (χ1v) is 10.8. The first-order valence-electron chi connectivity index (χ1n) is 10.8. The highest BCUT2D eigenvalue weighted by Gasteiger charge is 2.39. The van der Waals surface area contributed by atoms with E-state index < -0.39 is 0 Å². The largest absolute Gasteiger partial charge is 0.508 e. The topological polar surface area (TPSA) is 64.9 Å². The zero-order valence-corrected chi connectivity index (χ0v) is 18.0. The number of aliphatic imine (C=N–C) groups is 1. The third kappa shape index (κ3) is 4.02. The minimum atomic E-state index is -0.312. The summed E-state index contributed by atoms with van der Waals surface area (Å²) in [6.07, 6.45) is 1.26. The maximum absolute atomic E-state index is 13.4. The monoisotopic (exact) mass is 423 g/mol. The van der Waals surface area contributed by atoms with Crippen molar-refractivity contribution in [2.45, 2.75) is 25.8 Å². The second-order valence-corrected chi connectivity index (χ2v) is 8.37. The van der Waals surface area contributed by atoms with Crippen molar-refractivity contribution in [1.29, 1.82) is 0 Å². The molecule has 0 bridgehead atoms. The number of hydrogen-bond acceptors (Lipinski definition) is 4. The average Bonchev–Trinajstić information content (AvgIpc) is 3.12. The van der Waals surface area contributed by atoms with Gasteiger partial charge in [0.1, 0.15) is 17.6 Å². The highest BCUT2D eigenvalue weighted by Crippen LogP contribution is 2.28. The van der Waals surface area contributed by atoms with Crippen molar-refractivity contribution in [2.24, 2.45) is 4.99 Å². The van der Waals surface area contributed by atoms with Crippen LogP contribution in [0.1, 0.15) is 22.3 Å². The number of nitrogens with zero attached hydrogens (tertiary/aromatic N) is 2. The maximum Gasteiger partial charge on any atom is 0.251 e. The zero-order chi connectivity index (χ0) is 22.1. The number of nitrogens with one attached hydrogen (secondary N) is 1. The van der Waals surface area contributed by atoms with Gasteiger partial charge in [0.2, 0.25) is 0 Å². The van der Waals surface area contributed by atoms with Crippen LogP contribution in [0.4, 0.5) is 0 Å². The van der Waals surface area contributed by atoms with Crippen molar-refractivity contribution < 1.29 is 9.90 Å². The fourth-order valence-corrected chi connectivity index (χ4v) is 4.22. The Bertz CT molecular complexity index is 1200. The Hall–Kier alpha value is -3.86. The second kappa shape index (κ2) is 8.35. The summed E-state index contributed by atoms with van der Waals surface area (Å²) >= 11 is 0. The number of amides is 1. The van der Waals surface area contributed by atoms with Gasteiger partial charge < -0.3 is 10.4 Å². The fraction of sp³-hybridized carbons (Fsp3) is 0.185. The molecule has 0 saturated carbocycles. The molecule has 2 aliphatic heterocycles. The Balaban J connectivity index is 1.48. The van der Waals surface area contributed by atoms with Crippen molar-refractivity contribution in [3.63, 3.8) is 0 Å². The second-order valence-electron chi connectivity index (χ2n) is 8.37. The van der Waals surface area contributed by atoms with Gasteiger partial charge in [-0.25, -0.2) is 0 Å². The van der Waals surface area contributed by atoms with Gasteiger partial charge in [-0.05, 0) is 47.9 Å². The number of allylic oxidation sites excluding steroid dienone is 1. The van der Waals surface area contributed by atoms with Crippen molar-refractivity contribution in [3.8, 4) is 5.75 Å². The molecular weight excluding hydrogens is 398 g/mol. The molecule has 5 nitrogen and oxygen atoms in total. The molecule has 0 spiro atoms. The Kier molecular flexibility index (Phi) is 5.23. The van der Waals surface area contributed by atoms with E-state index in [1.165, 1.54) is 5.56 Å².